The molecular formula is C13H17Br2NO. The van der Waals surface area contributed by atoms with Crippen molar-refractivity contribution >= 4 is 37.8 Å². The van der Waals surface area contributed by atoms with Gasteiger partial charge in [0.2, 0.25) is 0 Å². The zero-order valence-corrected chi connectivity index (χ0v) is 13.7. The summed E-state index contributed by atoms with van der Waals surface area (Å²) in [4.78, 5) is 14.2. The fraction of sp³-hybridized carbons (Fsp3) is 0.462. The third-order valence-electron chi connectivity index (χ3n) is 3.04. The van der Waals surface area contributed by atoms with E-state index in [1.54, 1.807) is 4.90 Å². The maximum Gasteiger partial charge on any atom is 0.254 e. The fourth-order valence-electron chi connectivity index (χ4n) is 1.38. The number of nitrogens with zero attached hydrogens (tertiary/aromatic N) is 1. The average Bonchev–Trinajstić information content (AvgIpc) is 2.30. The quantitative estimate of drug-likeness (QED) is 0.744. The number of alkyl halides is 1. The van der Waals surface area contributed by atoms with Crippen LogP contribution in [0.15, 0.2) is 22.7 Å². The Hall–Kier alpha value is -0.350. The van der Waals surface area contributed by atoms with Gasteiger partial charge in [-0.2, -0.15) is 0 Å². The number of carbonyl (C=O) groups excluding carboxylic acids is 1. The van der Waals surface area contributed by atoms with E-state index in [0.717, 1.165) is 20.9 Å². The minimum Gasteiger partial charge on any atom is -0.336 e. The molecule has 0 atom stereocenters. The van der Waals surface area contributed by atoms with E-state index < -0.39 is 0 Å². The predicted octanol–water partition coefficient (Wildman–Crippen LogP) is 4.00. The number of halogens is 2. The van der Waals surface area contributed by atoms with Crippen LogP contribution in [-0.4, -0.2) is 28.7 Å². The monoisotopic (exact) mass is 361 g/mol. The normalized spacial score (nSPS) is 11.4. The van der Waals surface area contributed by atoms with Crippen LogP contribution in [-0.2, 0) is 0 Å². The molecule has 0 radical (unpaired) electrons. The summed E-state index contributed by atoms with van der Waals surface area (Å²) in [5.41, 5.74) is 1.52. The van der Waals surface area contributed by atoms with Crippen LogP contribution >= 0.6 is 31.9 Å². The minimum absolute atomic E-state index is 0.0493. The van der Waals surface area contributed by atoms with Crippen molar-refractivity contribution in [2.24, 2.45) is 0 Å². The lowest BCUT2D eigenvalue weighted by atomic mass is 10.0. The molecule has 0 aromatic heterocycles. The van der Waals surface area contributed by atoms with Crippen molar-refractivity contribution in [3.63, 3.8) is 0 Å². The molecule has 2 nitrogen and oxygen atoms in total. The summed E-state index contributed by atoms with van der Waals surface area (Å²) >= 11 is 6.89. The molecule has 1 aromatic carbocycles. The Kier molecular flexibility index (Phi) is 4.78. The van der Waals surface area contributed by atoms with Gasteiger partial charge in [-0.1, -0.05) is 37.9 Å². The summed E-state index contributed by atoms with van der Waals surface area (Å²) in [6.07, 6.45) is 0. The lowest BCUT2D eigenvalue weighted by Crippen LogP contribution is -2.46. The van der Waals surface area contributed by atoms with Crippen molar-refractivity contribution in [1.29, 1.82) is 0 Å². The highest BCUT2D eigenvalue weighted by Gasteiger charge is 2.28. The van der Waals surface area contributed by atoms with E-state index in [-0.39, 0.29) is 11.4 Å². The van der Waals surface area contributed by atoms with Gasteiger partial charge >= 0.3 is 0 Å². The van der Waals surface area contributed by atoms with E-state index in [1.165, 1.54) is 0 Å². The van der Waals surface area contributed by atoms with Gasteiger partial charge in [-0.25, -0.2) is 0 Å². The number of amides is 1. The van der Waals surface area contributed by atoms with Crippen molar-refractivity contribution in [2.45, 2.75) is 26.3 Å². The van der Waals surface area contributed by atoms with Crippen LogP contribution in [0, 0.1) is 6.92 Å². The first-order chi connectivity index (χ1) is 7.81. The zero-order chi connectivity index (χ0) is 13.2. The predicted molar refractivity (Wildman–Crippen MR) is 78.8 cm³/mol. The number of hydrogen-bond donors (Lipinski definition) is 0. The Morgan fingerprint density at radius 2 is 2.00 bits per heavy atom. The van der Waals surface area contributed by atoms with Gasteiger partial charge in [0.05, 0.1) is 0 Å². The summed E-state index contributed by atoms with van der Waals surface area (Å²) in [6, 6.07) is 5.70. The molecule has 0 bridgehead atoms. The van der Waals surface area contributed by atoms with Gasteiger partial charge in [-0.3, -0.25) is 4.79 Å². The molecule has 1 amide bonds. The molecule has 1 aromatic rings. The molecule has 17 heavy (non-hydrogen) atoms. The van der Waals surface area contributed by atoms with Gasteiger partial charge in [-0.15, -0.1) is 0 Å². The molecule has 94 valence electrons. The van der Waals surface area contributed by atoms with E-state index in [2.05, 4.69) is 31.9 Å². The summed E-state index contributed by atoms with van der Waals surface area (Å²) in [7, 11) is 1.84. The standard InChI is InChI=1S/C13H17Br2NO/c1-9-10(6-5-7-11(9)15)12(17)16(4)13(2,3)8-14/h5-7H,8H2,1-4H3. The summed E-state index contributed by atoms with van der Waals surface area (Å²) in [6.45, 7) is 6.02. The molecule has 0 aliphatic rings. The van der Waals surface area contributed by atoms with Crippen LogP contribution in [0.2, 0.25) is 0 Å². The first-order valence-electron chi connectivity index (χ1n) is 5.40. The number of carbonyl (C=O) groups is 1. The molecule has 0 unspecified atom stereocenters. The molecule has 0 fully saturated rings. The molecule has 0 aliphatic heterocycles. The van der Waals surface area contributed by atoms with Crippen LogP contribution in [0.5, 0.6) is 0 Å². The largest absolute Gasteiger partial charge is 0.336 e. The topological polar surface area (TPSA) is 20.3 Å². The smallest absolute Gasteiger partial charge is 0.254 e. The molecule has 0 N–H and O–H groups in total. The SMILES string of the molecule is Cc1c(Br)cccc1C(=O)N(C)C(C)(C)CBr. The van der Waals surface area contributed by atoms with Crippen LogP contribution < -0.4 is 0 Å². The Morgan fingerprint density at radius 3 is 2.53 bits per heavy atom. The summed E-state index contributed by atoms with van der Waals surface area (Å²) in [5.74, 6) is 0.0493. The van der Waals surface area contributed by atoms with Crippen molar-refractivity contribution in [2.75, 3.05) is 12.4 Å². The Balaban J connectivity index is 3.09. The molecule has 1 rings (SSSR count). The van der Waals surface area contributed by atoms with Gasteiger partial charge in [0.1, 0.15) is 0 Å². The molecular weight excluding hydrogens is 346 g/mol. The summed E-state index contributed by atoms with van der Waals surface area (Å²) in [5, 5.41) is 0.745. The molecule has 4 heteroatoms. The first kappa shape index (κ1) is 14.7. The van der Waals surface area contributed by atoms with Gasteiger partial charge < -0.3 is 4.90 Å². The van der Waals surface area contributed by atoms with Crippen LogP contribution in [0.1, 0.15) is 29.8 Å². The lowest BCUT2D eigenvalue weighted by Gasteiger charge is -2.34. The number of benzene rings is 1. The highest BCUT2D eigenvalue weighted by atomic mass is 79.9. The van der Waals surface area contributed by atoms with Crippen molar-refractivity contribution < 1.29 is 4.79 Å². The molecule has 0 saturated heterocycles. The number of rotatable bonds is 3. The van der Waals surface area contributed by atoms with E-state index >= 15 is 0 Å². The average molecular weight is 363 g/mol. The highest BCUT2D eigenvalue weighted by molar-refractivity contribution is 9.10. The second kappa shape index (κ2) is 5.53. The highest BCUT2D eigenvalue weighted by Crippen LogP contribution is 2.23. The van der Waals surface area contributed by atoms with E-state index in [0.29, 0.717) is 0 Å². The third-order valence-corrected chi connectivity index (χ3v) is 5.27. The Labute approximate surface area is 120 Å². The van der Waals surface area contributed by atoms with Crippen LogP contribution in [0.3, 0.4) is 0 Å². The molecule has 0 aliphatic carbocycles. The minimum atomic E-state index is -0.203. The van der Waals surface area contributed by atoms with Gasteiger partial charge in [0.15, 0.2) is 0 Å². The van der Waals surface area contributed by atoms with Gasteiger partial charge in [0, 0.05) is 28.0 Å². The van der Waals surface area contributed by atoms with Crippen LogP contribution in [0.25, 0.3) is 0 Å². The zero-order valence-electron chi connectivity index (χ0n) is 10.6. The lowest BCUT2D eigenvalue weighted by molar-refractivity contribution is 0.0663. The van der Waals surface area contributed by atoms with Crippen molar-refractivity contribution in [3.8, 4) is 0 Å². The van der Waals surface area contributed by atoms with E-state index in [4.69, 9.17) is 0 Å². The first-order valence-corrected chi connectivity index (χ1v) is 7.32. The molecule has 0 heterocycles. The van der Waals surface area contributed by atoms with Gasteiger partial charge in [-0.05, 0) is 38.5 Å². The Bertz CT molecular complexity index is 429. The fourth-order valence-corrected chi connectivity index (χ4v) is 2.13. The van der Waals surface area contributed by atoms with Crippen LogP contribution in [0.4, 0.5) is 0 Å². The molecule has 0 saturated carbocycles. The van der Waals surface area contributed by atoms with E-state index in [9.17, 15) is 4.79 Å². The Morgan fingerprint density at radius 1 is 1.41 bits per heavy atom. The van der Waals surface area contributed by atoms with E-state index in [1.807, 2.05) is 46.0 Å². The maximum atomic E-state index is 12.4. The summed E-state index contributed by atoms with van der Waals surface area (Å²) < 4.78 is 0.966. The third kappa shape index (κ3) is 3.10. The molecule has 0 spiro atoms. The van der Waals surface area contributed by atoms with Crippen molar-refractivity contribution in [1.82, 2.24) is 4.90 Å². The number of hydrogen-bond acceptors (Lipinski definition) is 1. The van der Waals surface area contributed by atoms with Crippen molar-refractivity contribution in [3.05, 3.63) is 33.8 Å². The van der Waals surface area contributed by atoms with Gasteiger partial charge in [0.25, 0.3) is 5.91 Å². The second-order valence-corrected chi connectivity index (χ2v) is 6.14. The second-order valence-electron chi connectivity index (χ2n) is 4.72. The maximum absolute atomic E-state index is 12.4.